The Bertz CT molecular complexity index is 519. The molecular formula is C13H14Cl2N4. The Morgan fingerprint density at radius 1 is 1.11 bits per heavy atom. The fraction of sp³-hybridized carbons (Fsp3) is 0.231. The summed E-state index contributed by atoms with van der Waals surface area (Å²) in [5, 5.41) is 7.53. The van der Waals surface area contributed by atoms with Crippen LogP contribution in [-0.4, -0.2) is 23.1 Å². The van der Waals surface area contributed by atoms with Crippen LogP contribution in [0.2, 0.25) is 10.0 Å². The Morgan fingerprint density at radius 2 is 1.89 bits per heavy atom. The Balaban J connectivity index is 1.69. The zero-order chi connectivity index (χ0) is 13.5. The summed E-state index contributed by atoms with van der Waals surface area (Å²) >= 11 is 11.8. The summed E-state index contributed by atoms with van der Waals surface area (Å²) in [6.07, 6.45) is 5.14. The second-order valence-electron chi connectivity index (χ2n) is 3.94. The Labute approximate surface area is 122 Å². The third-order valence-electron chi connectivity index (χ3n) is 2.48. The molecule has 2 N–H and O–H groups in total. The lowest BCUT2D eigenvalue weighted by molar-refractivity contribution is 0.705. The van der Waals surface area contributed by atoms with Crippen molar-refractivity contribution in [3.8, 4) is 0 Å². The zero-order valence-corrected chi connectivity index (χ0v) is 11.7. The summed E-state index contributed by atoms with van der Waals surface area (Å²) in [4.78, 5) is 8.09. The van der Waals surface area contributed by atoms with Gasteiger partial charge in [-0.1, -0.05) is 23.2 Å². The molecule has 0 aliphatic rings. The van der Waals surface area contributed by atoms with Crippen molar-refractivity contribution in [1.29, 1.82) is 0 Å². The van der Waals surface area contributed by atoms with Crippen LogP contribution in [0.15, 0.2) is 36.8 Å². The van der Waals surface area contributed by atoms with Crippen molar-refractivity contribution in [3.63, 3.8) is 0 Å². The number of nitrogens with zero attached hydrogens (tertiary/aromatic N) is 2. The Hall–Kier alpha value is -1.36. The average Bonchev–Trinajstić information content (AvgIpc) is 2.42. The van der Waals surface area contributed by atoms with E-state index < -0.39 is 0 Å². The molecule has 2 heterocycles. The van der Waals surface area contributed by atoms with Crippen molar-refractivity contribution in [2.45, 2.75) is 6.54 Å². The molecule has 2 aromatic rings. The molecule has 0 amide bonds. The van der Waals surface area contributed by atoms with Crippen LogP contribution >= 0.6 is 23.2 Å². The van der Waals surface area contributed by atoms with E-state index in [1.54, 1.807) is 24.7 Å². The lowest BCUT2D eigenvalue weighted by Crippen LogP contribution is -2.22. The van der Waals surface area contributed by atoms with E-state index in [1.165, 1.54) is 5.56 Å². The average molecular weight is 297 g/mol. The van der Waals surface area contributed by atoms with Gasteiger partial charge in [-0.05, 0) is 23.8 Å². The molecule has 0 aromatic carbocycles. The van der Waals surface area contributed by atoms with Crippen molar-refractivity contribution >= 4 is 29.0 Å². The van der Waals surface area contributed by atoms with E-state index in [0.717, 1.165) is 19.6 Å². The third-order valence-corrected chi connectivity index (χ3v) is 2.98. The van der Waals surface area contributed by atoms with Gasteiger partial charge in [0.1, 0.15) is 5.82 Å². The molecule has 0 spiro atoms. The van der Waals surface area contributed by atoms with Crippen molar-refractivity contribution < 1.29 is 0 Å². The largest absolute Gasteiger partial charge is 0.368 e. The maximum absolute atomic E-state index is 6.00. The second-order valence-corrected chi connectivity index (χ2v) is 4.79. The van der Waals surface area contributed by atoms with E-state index in [1.807, 2.05) is 12.1 Å². The van der Waals surface area contributed by atoms with Crippen molar-refractivity contribution in [1.82, 2.24) is 15.3 Å². The first-order valence-electron chi connectivity index (χ1n) is 5.90. The van der Waals surface area contributed by atoms with Crippen LogP contribution in [0, 0.1) is 0 Å². The number of aromatic nitrogens is 2. The number of halogens is 2. The van der Waals surface area contributed by atoms with Crippen LogP contribution in [0.1, 0.15) is 5.56 Å². The van der Waals surface area contributed by atoms with Crippen LogP contribution in [0.4, 0.5) is 5.82 Å². The number of hydrogen-bond donors (Lipinski definition) is 2. The summed E-state index contributed by atoms with van der Waals surface area (Å²) < 4.78 is 0. The van der Waals surface area contributed by atoms with Gasteiger partial charge in [0.15, 0.2) is 0 Å². The van der Waals surface area contributed by atoms with Crippen molar-refractivity contribution in [2.24, 2.45) is 0 Å². The monoisotopic (exact) mass is 296 g/mol. The molecule has 2 aromatic heterocycles. The summed E-state index contributed by atoms with van der Waals surface area (Å²) in [6.45, 7) is 2.36. The first kappa shape index (κ1) is 14.1. The lowest BCUT2D eigenvalue weighted by Gasteiger charge is -2.08. The smallest absolute Gasteiger partial charge is 0.144 e. The van der Waals surface area contributed by atoms with Gasteiger partial charge in [-0.3, -0.25) is 4.98 Å². The van der Waals surface area contributed by atoms with E-state index >= 15 is 0 Å². The molecule has 100 valence electrons. The fourth-order valence-electron chi connectivity index (χ4n) is 1.55. The van der Waals surface area contributed by atoms with E-state index in [2.05, 4.69) is 20.6 Å². The summed E-state index contributed by atoms with van der Waals surface area (Å²) in [5.74, 6) is 0.650. The maximum atomic E-state index is 6.00. The van der Waals surface area contributed by atoms with Gasteiger partial charge in [0.05, 0.1) is 10.0 Å². The molecule has 19 heavy (non-hydrogen) atoms. The highest BCUT2D eigenvalue weighted by molar-refractivity contribution is 6.35. The van der Waals surface area contributed by atoms with Crippen LogP contribution in [0.5, 0.6) is 0 Å². The second kappa shape index (κ2) is 7.28. The highest BCUT2D eigenvalue weighted by Crippen LogP contribution is 2.21. The zero-order valence-electron chi connectivity index (χ0n) is 10.2. The summed E-state index contributed by atoms with van der Waals surface area (Å²) in [5.41, 5.74) is 1.21. The number of nitrogens with one attached hydrogen (secondary N) is 2. The summed E-state index contributed by atoms with van der Waals surface area (Å²) in [7, 11) is 0. The first-order chi connectivity index (χ1) is 9.25. The molecule has 6 heteroatoms. The van der Waals surface area contributed by atoms with Gasteiger partial charge in [0, 0.05) is 38.2 Å². The molecular weight excluding hydrogens is 283 g/mol. The molecule has 0 unspecified atom stereocenters. The van der Waals surface area contributed by atoms with Crippen LogP contribution in [0.25, 0.3) is 0 Å². The maximum Gasteiger partial charge on any atom is 0.144 e. The molecule has 0 atom stereocenters. The number of pyridine rings is 2. The normalized spacial score (nSPS) is 10.4. The predicted octanol–water partition coefficient (Wildman–Crippen LogP) is 2.99. The standard InChI is InChI=1S/C13H14Cl2N4/c14-11-7-12(15)13(19-9-11)18-6-5-17-8-10-1-3-16-4-2-10/h1-4,7,9,17H,5-6,8H2,(H,18,19). The minimum atomic E-state index is 0.529. The summed E-state index contributed by atoms with van der Waals surface area (Å²) in [6, 6.07) is 5.64. The topological polar surface area (TPSA) is 49.8 Å². The molecule has 0 radical (unpaired) electrons. The van der Waals surface area contributed by atoms with Crippen LogP contribution in [0.3, 0.4) is 0 Å². The van der Waals surface area contributed by atoms with Gasteiger partial charge >= 0.3 is 0 Å². The molecule has 0 aliphatic carbocycles. The van der Waals surface area contributed by atoms with Gasteiger partial charge in [-0.25, -0.2) is 4.98 Å². The fourth-order valence-corrected chi connectivity index (χ4v) is 1.99. The highest BCUT2D eigenvalue weighted by Gasteiger charge is 2.01. The van der Waals surface area contributed by atoms with Crippen LogP contribution < -0.4 is 10.6 Å². The first-order valence-corrected chi connectivity index (χ1v) is 6.66. The Morgan fingerprint density at radius 3 is 2.63 bits per heavy atom. The molecule has 4 nitrogen and oxygen atoms in total. The molecule has 0 fully saturated rings. The highest BCUT2D eigenvalue weighted by atomic mass is 35.5. The minimum absolute atomic E-state index is 0.529. The third kappa shape index (κ3) is 4.67. The molecule has 0 bridgehead atoms. The predicted molar refractivity (Wildman–Crippen MR) is 78.7 cm³/mol. The van der Waals surface area contributed by atoms with Gasteiger partial charge in [0.25, 0.3) is 0 Å². The minimum Gasteiger partial charge on any atom is -0.368 e. The molecule has 0 saturated heterocycles. The number of anilines is 1. The van der Waals surface area contributed by atoms with E-state index in [0.29, 0.717) is 15.9 Å². The van der Waals surface area contributed by atoms with Gasteiger partial charge in [-0.15, -0.1) is 0 Å². The SMILES string of the molecule is Clc1cnc(NCCNCc2ccncc2)c(Cl)c1. The molecule has 2 rings (SSSR count). The molecule has 0 aliphatic heterocycles. The van der Waals surface area contributed by atoms with E-state index in [4.69, 9.17) is 23.2 Å². The quantitative estimate of drug-likeness (QED) is 0.805. The van der Waals surface area contributed by atoms with Gasteiger partial charge in [0.2, 0.25) is 0 Å². The molecule has 0 saturated carbocycles. The van der Waals surface area contributed by atoms with Crippen molar-refractivity contribution in [2.75, 3.05) is 18.4 Å². The lowest BCUT2D eigenvalue weighted by atomic mass is 10.3. The number of hydrogen-bond acceptors (Lipinski definition) is 4. The number of rotatable bonds is 6. The Kier molecular flexibility index (Phi) is 5.39. The van der Waals surface area contributed by atoms with Gasteiger partial charge < -0.3 is 10.6 Å². The van der Waals surface area contributed by atoms with E-state index in [9.17, 15) is 0 Å². The van der Waals surface area contributed by atoms with Crippen LogP contribution in [-0.2, 0) is 6.54 Å². The van der Waals surface area contributed by atoms with Crippen molar-refractivity contribution in [3.05, 3.63) is 52.4 Å². The van der Waals surface area contributed by atoms with Gasteiger partial charge in [-0.2, -0.15) is 0 Å². The van der Waals surface area contributed by atoms with E-state index in [-0.39, 0.29) is 0 Å².